The molecule has 0 unspecified atom stereocenters. The summed E-state index contributed by atoms with van der Waals surface area (Å²) in [6.45, 7) is 5.48. The molecule has 0 radical (unpaired) electrons. The number of hydrogen-bond acceptors (Lipinski definition) is 3. The zero-order valence-electron chi connectivity index (χ0n) is 10.5. The Morgan fingerprint density at radius 3 is 2.06 bits per heavy atom. The summed E-state index contributed by atoms with van der Waals surface area (Å²) < 4.78 is 24.1. The van der Waals surface area contributed by atoms with Gasteiger partial charge in [-0.05, 0) is 31.9 Å². The van der Waals surface area contributed by atoms with Crippen LogP contribution in [0.25, 0.3) is 0 Å². The number of carbonyl (C=O) groups excluding carboxylic acids is 1. The van der Waals surface area contributed by atoms with Gasteiger partial charge in [-0.15, -0.1) is 0 Å². The molecule has 0 saturated heterocycles. The molecule has 0 aliphatic carbocycles. The van der Waals surface area contributed by atoms with Crippen molar-refractivity contribution in [2.75, 3.05) is 12.8 Å². The highest BCUT2D eigenvalue weighted by molar-refractivity contribution is 7.88. The predicted molar refractivity (Wildman–Crippen MR) is 67.8 cm³/mol. The number of carbonyl (C=O) groups is 1. The highest BCUT2D eigenvalue weighted by Gasteiger charge is 2.14. The minimum Gasteiger partial charge on any atom is -0.293 e. The summed E-state index contributed by atoms with van der Waals surface area (Å²) >= 11 is 0. The molecule has 0 saturated carbocycles. The van der Waals surface area contributed by atoms with Crippen LogP contribution in [0.1, 0.15) is 27.0 Å². The van der Waals surface area contributed by atoms with Gasteiger partial charge in [0.1, 0.15) is 0 Å². The number of Topliss-reactive ketones (excluding diaryl/α,β-unsaturated/α-hetero) is 1. The quantitative estimate of drug-likeness (QED) is 0.826. The first-order valence-electron chi connectivity index (χ1n) is 5.26. The largest absolute Gasteiger partial charge is 0.293 e. The van der Waals surface area contributed by atoms with E-state index in [1.165, 1.54) is 0 Å². The highest BCUT2D eigenvalue weighted by Crippen LogP contribution is 2.16. The molecule has 1 aromatic carbocycles. The average Bonchev–Trinajstić information content (AvgIpc) is 2.11. The predicted octanol–water partition coefficient (Wildman–Crippen LogP) is 1.34. The van der Waals surface area contributed by atoms with Gasteiger partial charge in [0.25, 0.3) is 0 Å². The summed E-state index contributed by atoms with van der Waals surface area (Å²) in [6.07, 6.45) is 1.04. The third-order valence-electron chi connectivity index (χ3n) is 2.45. The fourth-order valence-electron chi connectivity index (χ4n) is 1.90. The Bertz CT molecular complexity index is 524. The lowest BCUT2D eigenvalue weighted by Gasteiger charge is -2.10. The summed E-state index contributed by atoms with van der Waals surface area (Å²) in [5, 5.41) is 0. The molecular weight excluding hydrogens is 238 g/mol. The molecule has 0 aliphatic rings. The Kier molecular flexibility index (Phi) is 4.06. The zero-order chi connectivity index (χ0) is 13.2. The number of benzene rings is 1. The molecule has 1 aromatic rings. The molecule has 0 fully saturated rings. The summed E-state index contributed by atoms with van der Waals surface area (Å²) in [5.41, 5.74) is 3.45. The van der Waals surface area contributed by atoms with E-state index in [0.717, 1.165) is 22.9 Å². The van der Waals surface area contributed by atoms with Crippen molar-refractivity contribution in [2.24, 2.45) is 0 Å². The Balaban J connectivity index is 2.98. The highest BCUT2D eigenvalue weighted by atomic mass is 32.2. The lowest BCUT2D eigenvalue weighted by atomic mass is 9.97. The van der Waals surface area contributed by atoms with Gasteiger partial charge in [-0.3, -0.25) is 4.79 Å². The molecule has 0 atom stereocenters. The van der Waals surface area contributed by atoms with E-state index < -0.39 is 10.0 Å². The number of aryl methyl sites for hydroxylation is 3. The minimum absolute atomic E-state index is 0.191. The Morgan fingerprint density at radius 2 is 1.65 bits per heavy atom. The summed E-state index contributed by atoms with van der Waals surface area (Å²) in [4.78, 5) is 11.9. The van der Waals surface area contributed by atoms with Crippen molar-refractivity contribution in [3.63, 3.8) is 0 Å². The second-order valence-electron chi connectivity index (χ2n) is 4.29. The maximum atomic E-state index is 11.9. The number of hydrogen-bond donors (Lipinski definition) is 1. The van der Waals surface area contributed by atoms with Crippen LogP contribution in [0.2, 0.25) is 0 Å². The number of sulfonamides is 1. The van der Waals surface area contributed by atoms with E-state index in [-0.39, 0.29) is 12.3 Å². The van der Waals surface area contributed by atoms with Crippen LogP contribution < -0.4 is 4.72 Å². The molecular formula is C12H17NO3S. The second-order valence-corrected chi connectivity index (χ2v) is 6.12. The van der Waals surface area contributed by atoms with Gasteiger partial charge in [0, 0.05) is 5.56 Å². The lowest BCUT2D eigenvalue weighted by Crippen LogP contribution is -2.29. The van der Waals surface area contributed by atoms with E-state index in [1.807, 2.05) is 32.9 Å². The first-order chi connectivity index (χ1) is 7.70. The van der Waals surface area contributed by atoms with Crippen LogP contribution >= 0.6 is 0 Å². The fraction of sp³-hybridized carbons (Fsp3) is 0.417. The molecule has 1 rings (SSSR count). The number of nitrogens with one attached hydrogen (secondary N) is 1. The molecule has 1 N–H and O–H groups in total. The van der Waals surface area contributed by atoms with Crippen LogP contribution in [-0.2, 0) is 10.0 Å². The van der Waals surface area contributed by atoms with Crippen molar-refractivity contribution < 1.29 is 13.2 Å². The van der Waals surface area contributed by atoms with E-state index in [2.05, 4.69) is 4.72 Å². The van der Waals surface area contributed by atoms with Gasteiger partial charge in [-0.1, -0.05) is 17.7 Å². The smallest absolute Gasteiger partial charge is 0.209 e. The maximum absolute atomic E-state index is 11.9. The standard InChI is InChI=1S/C12H17NO3S/c1-8-5-9(2)12(10(3)6-8)11(14)7-13-17(4,15)16/h5-6,13H,7H2,1-4H3. The monoisotopic (exact) mass is 255 g/mol. The molecule has 0 amide bonds. The van der Waals surface area contributed by atoms with Crippen molar-refractivity contribution in [2.45, 2.75) is 20.8 Å². The molecule has 17 heavy (non-hydrogen) atoms. The summed E-state index contributed by atoms with van der Waals surface area (Å²) in [7, 11) is -3.33. The molecule has 5 heteroatoms. The molecule has 0 aliphatic heterocycles. The topological polar surface area (TPSA) is 63.2 Å². The van der Waals surface area contributed by atoms with E-state index >= 15 is 0 Å². The average molecular weight is 255 g/mol. The van der Waals surface area contributed by atoms with E-state index in [0.29, 0.717) is 5.56 Å². The van der Waals surface area contributed by atoms with Gasteiger partial charge < -0.3 is 0 Å². The number of rotatable bonds is 4. The third kappa shape index (κ3) is 3.94. The molecule has 4 nitrogen and oxygen atoms in total. The summed E-state index contributed by atoms with van der Waals surface area (Å²) in [6, 6.07) is 3.83. The van der Waals surface area contributed by atoms with E-state index in [1.54, 1.807) is 0 Å². The zero-order valence-corrected chi connectivity index (χ0v) is 11.3. The molecule has 0 heterocycles. The number of ketones is 1. The maximum Gasteiger partial charge on any atom is 0.209 e. The van der Waals surface area contributed by atoms with Crippen molar-refractivity contribution in [3.8, 4) is 0 Å². The van der Waals surface area contributed by atoms with Crippen LogP contribution in [0, 0.1) is 20.8 Å². The molecule has 94 valence electrons. The first kappa shape index (κ1) is 13.9. The van der Waals surface area contributed by atoms with Crippen molar-refractivity contribution >= 4 is 15.8 Å². The van der Waals surface area contributed by atoms with Crippen LogP contribution in [0.3, 0.4) is 0 Å². The van der Waals surface area contributed by atoms with E-state index in [4.69, 9.17) is 0 Å². The van der Waals surface area contributed by atoms with Gasteiger partial charge in [0.15, 0.2) is 5.78 Å². The SMILES string of the molecule is Cc1cc(C)c(C(=O)CNS(C)(=O)=O)c(C)c1. The first-order valence-corrected chi connectivity index (χ1v) is 7.15. The van der Waals surface area contributed by atoms with Gasteiger partial charge in [0.05, 0.1) is 12.8 Å². The van der Waals surface area contributed by atoms with Crippen LogP contribution in [0.4, 0.5) is 0 Å². The lowest BCUT2D eigenvalue weighted by molar-refractivity contribution is 0.0996. The van der Waals surface area contributed by atoms with Crippen LogP contribution in [-0.4, -0.2) is 27.0 Å². The van der Waals surface area contributed by atoms with Crippen molar-refractivity contribution in [1.82, 2.24) is 4.72 Å². The second kappa shape index (κ2) is 4.98. The Morgan fingerprint density at radius 1 is 1.18 bits per heavy atom. The summed E-state index contributed by atoms with van der Waals surface area (Å²) in [5.74, 6) is -0.203. The van der Waals surface area contributed by atoms with Crippen molar-refractivity contribution in [1.29, 1.82) is 0 Å². The van der Waals surface area contributed by atoms with Gasteiger partial charge in [0.2, 0.25) is 10.0 Å². The molecule has 0 aromatic heterocycles. The van der Waals surface area contributed by atoms with Crippen molar-refractivity contribution in [3.05, 3.63) is 34.4 Å². The normalized spacial score (nSPS) is 11.5. The minimum atomic E-state index is -3.33. The Labute approximate surface area is 102 Å². The molecule has 0 spiro atoms. The fourth-order valence-corrected chi connectivity index (χ4v) is 2.30. The van der Waals surface area contributed by atoms with Gasteiger partial charge in [-0.2, -0.15) is 0 Å². The van der Waals surface area contributed by atoms with Gasteiger partial charge >= 0.3 is 0 Å². The van der Waals surface area contributed by atoms with E-state index in [9.17, 15) is 13.2 Å². The van der Waals surface area contributed by atoms with Crippen LogP contribution in [0.15, 0.2) is 12.1 Å². The third-order valence-corrected chi connectivity index (χ3v) is 3.12. The Hall–Kier alpha value is -1.20. The van der Waals surface area contributed by atoms with Crippen LogP contribution in [0.5, 0.6) is 0 Å². The molecule has 0 bridgehead atoms. The van der Waals surface area contributed by atoms with Gasteiger partial charge in [-0.25, -0.2) is 13.1 Å².